The van der Waals surface area contributed by atoms with Gasteiger partial charge in [-0.2, -0.15) is 0 Å². The number of hydrogen-bond donors (Lipinski definition) is 1. The SMILES string of the molecule is CCC1CCCCCN1c1cccc2c1CNCC2. The molecule has 2 nitrogen and oxygen atoms in total. The summed E-state index contributed by atoms with van der Waals surface area (Å²) >= 11 is 0. The third kappa shape index (κ3) is 2.64. The second kappa shape index (κ2) is 5.96. The number of nitrogens with one attached hydrogen (secondary N) is 1. The fraction of sp³-hybridized carbons (Fsp3) is 0.647. The van der Waals surface area contributed by atoms with Gasteiger partial charge in [0.15, 0.2) is 0 Å². The van der Waals surface area contributed by atoms with Gasteiger partial charge in [0.25, 0.3) is 0 Å². The van der Waals surface area contributed by atoms with E-state index < -0.39 is 0 Å². The van der Waals surface area contributed by atoms with E-state index in [2.05, 4.69) is 35.3 Å². The van der Waals surface area contributed by atoms with Crippen LogP contribution in [-0.4, -0.2) is 19.1 Å². The zero-order valence-corrected chi connectivity index (χ0v) is 12.1. The first kappa shape index (κ1) is 13.0. The van der Waals surface area contributed by atoms with Gasteiger partial charge in [-0.05, 0) is 49.4 Å². The monoisotopic (exact) mass is 258 g/mol. The summed E-state index contributed by atoms with van der Waals surface area (Å²) in [6, 6.07) is 7.67. The molecule has 1 aromatic rings. The largest absolute Gasteiger partial charge is 0.368 e. The summed E-state index contributed by atoms with van der Waals surface area (Å²) in [6.45, 7) is 5.78. The zero-order chi connectivity index (χ0) is 13.1. The van der Waals surface area contributed by atoms with E-state index in [1.807, 2.05) is 0 Å². The van der Waals surface area contributed by atoms with Gasteiger partial charge in [0.2, 0.25) is 0 Å². The first-order chi connectivity index (χ1) is 9.40. The number of anilines is 1. The molecular formula is C17H26N2. The van der Waals surface area contributed by atoms with Gasteiger partial charge in [-0.1, -0.05) is 31.9 Å². The fourth-order valence-corrected chi connectivity index (χ4v) is 3.68. The van der Waals surface area contributed by atoms with Crippen LogP contribution in [0.4, 0.5) is 5.69 Å². The number of hydrogen-bond acceptors (Lipinski definition) is 2. The molecule has 0 amide bonds. The lowest BCUT2D eigenvalue weighted by Crippen LogP contribution is -2.36. The van der Waals surface area contributed by atoms with Crippen LogP contribution in [0, 0.1) is 0 Å². The molecule has 0 aromatic heterocycles. The number of fused-ring (bicyclic) bond motifs is 1. The molecule has 1 aromatic carbocycles. The van der Waals surface area contributed by atoms with Crippen molar-refractivity contribution in [3.8, 4) is 0 Å². The lowest BCUT2D eigenvalue weighted by atomic mass is 9.97. The van der Waals surface area contributed by atoms with E-state index >= 15 is 0 Å². The topological polar surface area (TPSA) is 15.3 Å². The summed E-state index contributed by atoms with van der Waals surface area (Å²) in [5.74, 6) is 0. The minimum Gasteiger partial charge on any atom is -0.368 e. The van der Waals surface area contributed by atoms with E-state index in [1.54, 1.807) is 11.1 Å². The van der Waals surface area contributed by atoms with Crippen molar-refractivity contribution >= 4 is 5.69 Å². The summed E-state index contributed by atoms with van der Waals surface area (Å²) in [7, 11) is 0. The van der Waals surface area contributed by atoms with Crippen molar-refractivity contribution < 1.29 is 0 Å². The van der Waals surface area contributed by atoms with Crippen LogP contribution >= 0.6 is 0 Å². The quantitative estimate of drug-likeness (QED) is 0.873. The van der Waals surface area contributed by atoms with Crippen molar-refractivity contribution in [2.45, 2.75) is 58.0 Å². The minimum absolute atomic E-state index is 0.746. The Morgan fingerprint density at radius 2 is 2.21 bits per heavy atom. The van der Waals surface area contributed by atoms with Crippen molar-refractivity contribution in [3.63, 3.8) is 0 Å². The summed E-state index contributed by atoms with van der Waals surface area (Å²) in [5, 5.41) is 3.54. The van der Waals surface area contributed by atoms with E-state index in [1.165, 1.54) is 50.8 Å². The molecule has 1 N–H and O–H groups in total. The molecule has 2 heteroatoms. The number of rotatable bonds is 2. The third-order valence-electron chi connectivity index (χ3n) is 4.78. The Balaban J connectivity index is 1.95. The van der Waals surface area contributed by atoms with Gasteiger partial charge >= 0.3 is 0 Å². The Morgan fingerprint density at radius 3 is 3.11 bits per heavy atom. The summed E-state index contributed by atoms with van der Waals surface area (Å²) in [5.41, 5.74) is 4.64. The number of benzene rings is 1. The molecule has 2 heterocycles. The highest BCUT2D eigenvalue weighted by atomic mass is 15.2. The second-order valence-electron chi connectivity index (χ2n) is 5.95. The molecule has 104 valence electrons. The first-order valence-electron chi connectivity index (χ1n) is 7.98. The molecule has 2 aliphatic rings. The van der Waals surface area contributed by atoms with Crippen molar-refractivity contribution in [3.05, 3.63) is 29.3 Å². The van der Waals surface area contributed by atoms with Gasteiger partial charge in [-0.25, -0.2) is 0 Å². The second-order valence-corrected chi connectivity index (χ2v) is 5.95. The third-order valence-corrected chi connectivity index (χ3v) is 4.78. The summed E-state index contributed by atoms with van der Waals surface area (Å²) in [4.78, 5) is 2.71. The molecule has 1 fully saturated rings. The van der Waals surface area contributed by atoms with Crippen LogP contribution < -0.4 is 10.2 Å². The Morgan fingerprint density at radius 1 is 1.26 bits per heavy atom. The molecule has 0 bridgehead atoms. The molecular weight excluding hydrogens is 232 g/mol. The fourth-order valence-electron chi connectivity index (χ4n) is 3.68. The molecule has 19 heavy (non-hydrogen) atoms. The van der Waals surface area contributed by atoms with Crippen LogP contribution in [-0.2, 0) is 13.0 Å². The van der Waals surface area contributed by atoms with Crippen molar-refractivity contribution in [2.24, 2.45) is 0 Å². The maximum absolute atomic E-state index is 3.54. The van der Waals surface area contributed by atoms with Crippen LogP contribution in [0.3, 0.4) is 0 Å². The van der Waals surface area contributed by atoms with Crippen molar-refractivity contribution in [1.82, 2.24) is 5.32 Å². The maximum atomic E-state index is 3.54. The Kier molecular flexibility index (Phi) is 4.07. The molecule has 0 spiro atoms. The van der Waals surface area contributed by atoms with Crippen LogP contribution in [0.1, 0.15) is 50.2 Å². The van der Waals surface area contributed by atoms with Crippen LogP contribution in [0.2, 0.25) is 0 Å². The molecule has 1 saturated heterocycles. The van der Waals surface area contributed by atoms with Crippen LogP contribution in [0.15, 0.2) is 18.2 Å². The van der Waals surface area contributed by atoms with E-state index in [0.717, 1.165) is 19.1 Å². The minimum atomic E-state index is 0.746. The Hall–Kier alpha value is -1.02. The van der Waals surface area contributed by atoms with Gasteiger partial charge in [0.1, 0.15) is 0 Å². The summed E-state index contributed by atoms with van der Waals surface area (Å²) < 4.78 is 0. The van der Waals surface area contributed by atoms with Crippen LogP contribution in [0.25, 0.3) is 0 Å². The molecule has 3 rings (SSSR count). The Bertz CT molecular complexity index is 427. The van der Waals surface area contributed by atoms with E-state index in [0.29, 0.717) is 0 Å². The highest BCUT2D eigenvalue weighted by Crippen LogP contribution is 2.31. The Labute approximate surface area is 117 Å². The van der Waals surface area contributed by atoms with Gasteiger partial charge < -0.3 is 10.2 Å². The smallest absolute Gasteiger partial charge is 0.0417 e. The van der Waals surface area contributed by atoms with Crippen LogP contribution in [0.5, 0.6) is 0 Å². The number of nitrogens with zero attached hydrogens (tertiary/aromatic N) is 1. The first-order valence-corrected chi connectivity index (χ1v) is 7.98. The molecule has 0 saturated carbocycles. The molecule has 0 radical (unpaired) electrons. The predicted molar refractivity (Wildman–Crippen MR) is 81.7 cm³/mol. The van der Waals surface area contributed by atoms with Gasteiger partial charge in [-0.15, -0.1) is 0 Å². The predicted octanol–water partition coefficient (Wildman–Crippen LogP) is 3.49. The molecule has 2 aliphatic heterocycles. The van der Waals surface area contributed by atoms with Gasteiger partial charge in [0.05, 0.1) is 0 Å². The van der Waals surface area contributed by atoms with E-state index in [9.17, 15) is 0 Å². The van der Waals surface area contributed by atoms with Crippen molar-refractivity contribution in [1.29, 1.82) is 0 Å². The van der Waals surface area contributed by atoms with E-state index in [-0.39, 0.29) is 0 Å². The van der Waals surface area contributed by atoms with Gasteiger partial charge in [-0.3, -0.25) is 0 Å². The van der Waals surface area contributed by atoms with E-state index in [4.69, 9.17) is 0 Å². The molecule has 1 atom stereocenters. The average Bonchev–Trinajstić information content (AvgIpc) is 2.71. The maximum Gasteiger partial charge on any atom is 0.0417 e. The van der Waals surface area contributed by atoms with Crippen molar-refractivity contribution in [2.75, 3.05) is 18.0 Å². The molecule has 1 unspecified atom stereocenters. The highest BCUT2D eigenvalue weighted by molar-refractivity contribution is 5.58. The zero-order valence-electron chi connectivity index (χ0n) is 12.1. The normalized spacial score (nSPS) is 23.8. The average molecular weight is 258 g/mol. The highest BCUT2D eigenvalue weighted by Gasteiger charge is 2.23. The summed E-state index contributed by atoms with van der Waals surface area (Å²) in [6.07, 6.45) is 7.99. The lowest BCUT2D eigenvalue weighted by molar-refractivity contribution is 0.551. The molecule has 0 aliphatic carbocycles. The van der Waals surface area contributed by atoms with Gasteiger partial charge in [0, 0.05) is 24.8 Å². The standard InChI is InChI=1S/C17H26N2/c1-2-15-8-4-3-5-12-19(15)17-9-6-7-14-10-11-18-13-16(14)17/h6-7,9,15,18H,2-5,8,10-13H2,1H3. The lowest BCUT2D eigenvalue weighted by Gasteiger charge is -2.35.